The number of nitrogens with two attached hydrogens (primary N) is 1. The number of nitrogens with zero attached hydrogens (tertiary/aromatic N) is 1. The predicted molar refractivity (Wildman–Crippen MR) is 77.1 cm³/mol. The maximum Gasteiger partial charge on any atom is 0.0954 e. The molecule has 1 atom stereocenters. The van der Waals surface area contributed by atoms with Crippen LogP contribution >= 0.6 is 0 Å². The molecule has 0 bridgehead atoms. The molecule has 0 amide bonds. The summed E-state index contributed by atoms with van der Waals surface area (Å²) in [5.74, 6) is 0. The average molecular weight is 260 g/mol. The van der Waals surface area contributed by atoms with Gasteiger partial charge in [-0.25, -0.2) is 0 Å². The summed E-state index contributed by atoms with van der Waals surface area (Å²) in [6.45, 7) is 3.58. The van der Waals surface area contributed by atoms with Gasteiger partial charge < -0.3 is 10.5 Å². The minimum atomic E-state index is 0.233. The normalized spacial score (nSPS) is 23.2. The zero-order valence-electron chi connectivity index (χ0n) is 11.6. The van der Waals surface area contributed by atoms with Gasteiger partial charge in [0.25, 0.3) is 0 Å². The van der Waals surface area contributed by atoms with Crippen LogP contribution < -0.4 is 5.73 Å². The van der Waals surface area contributed by atoms with Gasteiger partial charge in [-0.05, 0) is 30.4 Å². The lowest BCUT2D eigenvalue weighted by atomic mass is 9.90. The topological polar surface area (TPSA) is 38.5 Å². The minimum absolute atomic E-state index is 0.233. The van der Waals surface area contributed by atoms with Crippen LogP contribution in [-0.4, -0.2) is 37.2 Å². The van der Waals surface area contributed by atoms with Gasteiger partial charge in [-0.2, -0.15) is 0 Å². The molecule has 3 heteroatoms. The van der Waals surface area contributed by atoms with Crippen molar-refractivity contribution >= 4 is 0 Å². The number of fused-ring (bicyclic) bond motifs is 1. The highest BCUT2D eigenvalue weighted by molar-refractivity contribution is 5.31. The van der Waals surface area contributed by atoms with Crippen molar-refractivity contribution < 1.29 is 4.74 Å². The molecule has 2 aliphatic rings. The second-order valence-electron chi connectivity index (χ2n) is 5.68. The third-order valence-electron chi connectivity index (χ3n) is 4.50. The molecule has 1 saturated carbocycles. The van der Waals surface area contributed by atoms with Crippen LogP contribution in [0.25, 0.3) is 0 Å². The summed E-state index contributed by atoms with van der Waals surface area (Å²) in [5, 5.41) is 0. The fourth-order valence-electron chi connectivity index (χ4n) is 3.18. The molecule has 1 aliphatic heterocycles. The summed E-state index contributed by atoms with van der Waals surface area (Å²) >= 11 is 0. The lowest BCUT2D eigenvalue weighted by Gasteiger charge is -2.40. The molecule has 0 spiro atoms. The first-order valence-corrected chi connectivity index (χ1v) is 7.52. The smallest absolute Gasteiger partial charge is 0.0954 e. The molecule has 104 valence electrons. The van der Waals surface area contributed by atoms with Crippen LogP contribution in [0.5, 0.6) is 0 Å². The molecular formula is C16H24N2O. The number of hydrogen-bond donors (Lipinski definition) is 1. The fourth-order valence-corrected chi connectivity index (χ4v) is 3.18. The minimum Gasteiger partial charge on any atom is -0.372 e. The highest BCUT2D eigenvalue weighted by atomic mass is 16.5. The van der Waals surface area contributed by atoms with Gasteiger partial charge in [-0.3, -0.25) is 4.90 Å². The Morgan fingerprint density at radius 2 is 2.11 bits per heavy atom. The van der Waals surface area contributed by atoms with Gasteiger partial charge in [0.05, 0.1) is 12.7 Å². The zero-order valence-corrected chi connectivity index (χ0v) is 11.6. The van der Waals surface area contributed by atoms with E-state index in [1.807, 2.05) is 0 Å². The molecule has 1 aliphatic carbocycles. The quantitative estimate of drug-likeness (QED) is 0.881. The number of ether oxygens (including phenoxy) is 1. The van der Waals surface area contributed by atoms with E-state index in [0.717, 1.165) is 38.7 Å². The van der Waals surface area contributed by atoms with Gasteiger partial charge in [-0.1, -0.05) is 30.7 Å². The van der Waals surface area contributed by atoms with Crippen LogP contribution in [0.3, 0.4) is 0 Å². The molecule has 1 fully saturated rings. The molecule has 0 saturated heterocycles. The first kappa shape index (κ1) is 13.1. The van der Waals surface area contributed by atoms with Crippen LogP contribution in [0.2, 0.25) is 0 Å². The van der Waals surface area contributed by atoms with E-state index < -0.39 is 0 Å². The molecule has 2 N–H and O–H groups in total. The monoisotopic (exact) mass is 260 g/mol. The second-order valence-corrected chi connectivity index (χ2v) is 5.68. The van der Waals surface area contributed by atoms with Gasteiger partial charge in [0.15, 0.2) is 0 Å². The molecule has 0 aromatic heterocycles. The highest BCUT2D eigenvalue weighted by Crippen LogP contribution is 2.31. The standard InChI is InChI=1S/C16H24N2O/c17-9-10-18(14-5-3-6-14)12-16-15-7-2-1-4-13(15)8-11-19-16/h1-2,4,7,14,16H,3,5-6,8-12,17H2. The SMILES string of the molecule is NCCN(CC1OCCc2ccccc21)C1CCC1. The number of hydrogen-bond acceptors (Lipinski definition) is 3. The largest absolute Gasteiger partial charge is 0.372 e. The molecular weight excluding hydrogens is 236 g/mol. The van der Waals surface area contributed by atoms with Gasteiger partial charge in [0.1, 0.15) is 0 Å². The van der Waals surface area contributed by atoms with Crippen molar-refractivity contribution in [1.29, 1.82) is 0 Å². The summed E-state index contributed by atoms with van der Waals surface area (Å²) < 4.78 is 6.02. The van der Waals surface area contributed by atoms with E-state index in [4.69, 9.17) is 10.5 Å². The Morgan fingerprint density at radius 1 is 1.26 bits per heavy atom. The zero-order chi connectivity index (χ0) is 13.1. The molecule has 1 aromatic carbocycles. The molecule has 19 heavy (non-hydrogen) atoms. The van der Waals surface area contributed by atoms with E-state index >= 15 is 0 Å². The van der Waals surface area contributed by atoms with E-state index in [-0.39, 0.29) is 6.10 Å². The Labute approximate surface area is 115 Å². The van der Waals surface area contributed by atoms with Crippen LogP contribution in [0.1, 0.15) is 36.5 Å². The van der Waals surface area contributed by atoms with Crippen LogP contribution in [0.4, 0.5) is 0 Å². The molecule has 1 unspecified atom stereocenters. The Balaban J connectivity index is 1.71. The Morgan fingerprint density at radius 3 is 2.84 bits per heavy atom. The number of rotatable bonds is 5. The van der Waals surface area contributed by atoms with Gasteiger partial charge in [0, 0.05) is 25.7 Å². The van der Waals surface area contributed by atoms with Crippen molar-refractivity contribution in [2.45, 2.75) is 37.8 Å². The van der Waals surface area contributed by atoms with Gasteiger partial charge in [0.2, 0.25) is 0 Å². The van der Waals surface area contributed by atoms with Crippen molar-refractivity contribution in [3.8, 4) is 0 Å². The Hall–Kier alpha value is -0.900. The Bertz CT molecular complexity index is 417. The molecule has 1 aromatic rings. The maximum atomic E-state index is 6.02. The third-order valence-corrected chi connectivity index (χ3v) is 4.50. The molecule has 3 rings (SSSR count). The third kappa shape index (κ3) is 2.83. The van der Waals surface area contributed by atoms with Crippen LogP contribution in [0.15, 0.2) is 24.3 Å². The van der Waals surface area contributed by atoms with E-state index in [2.05, 4.69) is 29.2 Å². The molecule has 0 radical (unpaired) electrons. The van der Waals surface area contributed by atoms with Crippen molar-refractivity contribution in [2.75, 3.05) is 26.2 Å². The lowest BCUT2D eigenvalue weighted by molar-refractivity contribution is -0.00347. The van der Waals surface area contributed by atoms with Crippen molar-refractivity contribution in [3.63, 3.8) is 0 Å². The van der Waals surface area contributed by atoms with Crippen LogP contribution in [0, 0.1) is 0 Å². The van der Waals surface area contributed by atoms with Crippen molar-refractivity contribution in [1.82, 2.24) is 4.90 Å². The summed E-state index contributed by atoms with van der Waals surface area (Å²) in [5.41, 5.74) is 8.61. The van der Waals surface area contributed by atoms with Crippen molar-refractivity contribution in [3.05, 3.63) is 35.4 Å². The summed E-state index contributed by atoms with van der Waals surface area (Å²) in [6, 6.07) is 9.45. The van der Waals surface area contributed by atoms with E-state index in [9.17, 15) is 0 Å². The first-order valence-electron chi connectivity index (χ1n) is 7.52. The molecule has 3 nitrogen and oxygen atoms in total. The first-order chi connectivity index (χ1) is 9.38. The average Bonchev–Trinajstić information content (AvgIpc) is 2.37. The van der Waals surface area contributed by atoms with Crippen molar-refractivity contribution in [2.24, 2.45) is 5.73 Å². The number of benzene rings is 1. The molecule has 1 heterocycles. The summed E-state index contributed by atoms with van der Waals surface area (Å²) in [4.78, 5) is 2.54. The predicted octanol–water partition coefficient (Wildman–Crippen LogP) is 2.11. The van der Waals surface area contributed by atoms with Gasteiger partial charge >= 0.3 is 0 Å². The second kappa shape index (κ2) is 6.04. The highest BCUT2D eigenvalue weighted by Gasteiger charge is 2.29. The van der Waals surface area contributed by atoms with E-state index in [1.165, 1.54) is 30.4 Å². The van der Waals surface area contributed by atoms with E-state index in [0.29, 0.717) is 0 Å². The van der Waals surface area contributed by atoms with Crippen LogP contribution in [-0.2, 0) is 11.2 Å². The van der Waals surface area contributed by atoms with E-state index in [1.54, 1.807) is 0 Å². The Kier molecular flexibility index (Phi) is 4.16. The summed E-state index contributed by atoms with van der Waals surface area (Å²) in [6.07, 6.45) is 5.31. The summed E-state index contributed by atoms with van der Waals surface area (Å²) in [7, 11) is 0. The fraction of sp³-hybridized carbons (Fsp3) is 0.625. The van der Waals surface area contributed by atoms with Gasteiger partial charge in [-0.15, -0.1) is 0 Å². The lowest BCUT2D eigenvalue weighted by Crippen LogP contribution is -2.45. The maximum absolute atomic E-state index is 6.02.